The molecule has 82 valence electrons. The Morgan fingerprint density at radius 1 is 1.73 bits per heavy atom. The van der Waals surface area contributed by atoms with E-state index in [1.54, 1.807) is 4.80 Å². The summed E-state index contributed by atoms with van der Waals surface area (Å²) in [5, 5.41) is 11.4. The van der Waals surface area contributed by atoms with Crippen molar-refractivity contribution in [3.05, 3.63) is 11.9 Å². The van der Waals surface area contributed by atoms with Gasteiger partial charge in [-0.1, -0.05) is 0 Å². The quantitative estimate of drug-likeness (QED) is 0.695. The molecule has 1 aromatic heterocycles. The van der Waals surface area contributed by atoms with Gasteiger partial charge in [-0.05, 0) is 19.4 Å². The molecule has 0 unspecified atom stereocenters. The Morgan fingerprint density at radius 2 is 2.60 bits per heavy atom. The number of ether oxygens (including phenoxy) is 1. The molecule has 0 spiro atoms. The number of nitrogens with zero attached hydrogens (tertiary/aromatic N) is 3. The molecule has 2 heterocycles. The lowest BCUT2D eigenvalue weighted by Crippen LogP contribution is -2.32. The van der Waals surface area contributed by atoms with Gasteiger partial charge in [0, 0.05) is 6.54 Å². The number of hydrogen-bond acceptors (Lipinski definition) is 5. The maximum absolute atomic E-state index is 11.2. The minimum atomic E-state index is -0.440. The molecule has 15 heavy (non-hydrogen) atoms. The Hall–Kier alpha value is -1.43. The first kappa shape index (κ1) is 10.1. The zero-order valence-corrected chi connectivity index (χ0v) is 8.64. The maximum Gasteiger partial charge on any atom is 0.360 e. The molecule has 1 aromatic rings. The van der Waals surface area contributed by atoms with Crippen molar-refractivity contribution in [1.82, 2.24) is 20.3 Å². The van der Waals surface area contributed by atoms with E-state index in [0.29, 0.717) is 0 Å². The summed E-state index contributed by atoms with van der Waals surface area (Å²) in [6, 6.07) is 0.247. The third-order valence-corrected chi connectivity index (χ3v) is 2.50. The van der Waals surface area contributed by atoms with Crippen LogP contribution in [-0.2, 0) is 4.74 Å². The molecule has 6 nitrogen and oxygen atoms in total. The highest BCUT2D eigenvalue weighted by atomic mass is 16.5. The number of methoxy groups -OCH3 is 1. The summed E-state index contributed by atoms with van der Waals surface area (Å²) >= 11 is 0. The molecule has 0 bridgehead atoms. The number of rotatable bonds is 2. The van der Waals surface area contributed by atoms with Crippen molar-refractivity contribution in [3.8, 4) is 0 Å². The second kappa shape index (κ2) is 4.39. The third kappa shape index (κ3) is 2.15. The van der Waals surface area contributed by atoms with Crippen LogP contribution in [0.5, 0.6) is 0 Å². The number of esters is 1. The van der Waals surface area contributed by atoms with E-state index in [2.05, 4.69) is 20.3 Å². The van der Waals surface area contributed by atoms with E-state index in [1.165, 1.54) is 13.3 Å². The van der Waals surface area contributed by atoms with E-state index in [0.717, 1.165) is 25.9 Å². The fraction of sp³-hybridized carbons (Fsp3) is 0.667. The maximum atomic E-state index is 11.2. The first-order valence-corrected chi connectivity index (χ1v) is 5.02. The van der Waals surface area contributed by atoms with E-state index >= 15 is 0 Å². The molecular formula is C9H14N4O2. The first-order valence-electron chi connectivity index (χ1n) is 5.02. The fourth-order valence-electron chi connectivity index (χ4n) is 1.68. The summed E-state index contributed by atoms with van der Waals surface area (Å²) < 4.78 is 4.57. The van der Waals surface area contributed by atoms with Gasteiger partial charge < -0.3 is 10.1 Å². The molecule has 0 radical (unpaired) electrons. The van der Waals surface area contributed by atoms with Gasteiger partial charge in [0.05, 0.1) is 19.3 Å². The highest BCUT2D eigenvalue weighted by Gasteiger charge is 2.18. The Labute approximate surface area is 87.6 Å². The van der Waals surface area contributed by atoms with Gasteiger partial charge in [-0.15, -0.1) is 5.10 Å². The highest BCUT2D eigenvalue weighted by molar-refractivity contribution is 5.86. The van der Waals surface area contributed by atoms with Crippen molar-refractivity contribution in [2.75, 3.05) is 20.2 Å². The van der Waals surface area contributed by atoms with Gasteiger partial charge in [-0.3, -0.25) is 0 Å². The van der Waals surface area contributed by atoms with E-state index in [-0.39, 0.29) is 11.7 Å². The summed E-state index contributed by atoms with van der Waals surface area (Å²) in [7, 11) is 1.34. The number of nitrogens with one attached hydrogen (secondary N) is 1. The second-order valence-electron chi connectivity index (χ2n) is 3.54. The Balaban J connectivity index is 2.08. The van der Waals surface area contributed by atoms with E-state index in [9.17, 15) is 4.79 Å². The highest BCUT2D eigenvalue weighted by Crippen LogP contribution is 2.14. The molecule has 0 aliphatic carbocycles. The summed E-state index contributed by atoms with van der Waals surface area (Å²) in [5.74, 6) is -0.440. The minimum absolute atomic E-state index is 0.247. The molecule has 1 N–H and O–H groups in total. The van der Waals surface area contributed by atoms with Crippen LogP contribution in [0.2, 0.25) is 0 Å². The number of carbonyl (C=O) groups excluding carboxylic acids is 1. The minimum Gasteiger partial charge on any atom is -0.464 e. The largest absolute Gasteiger partial charge is 0.464 e. The summed E-state index contributed by atoms with van der Waals surface area (Å²) in [4.78, 5) is 12.8. The number of hydrogen-bond donors (Lipinski definition) is 1. The second-order valence-corrected chi connectivity index (χ2v) is 3.54. The average Bonchev–Trinajstić information content (AvgIpc) is 2.78. The third-order valence-electron chi connectivity index (χ3n) is 2.50. The molecule has 6 heteroatoms. The zero-order valence-electron chi connectivity index (χ0n) is 8.64. The van der Waals surface area contributed by atoms with Crippen LogP contribution in [0.15, 0.2) is 6.20 Å². The molecule has 1 saturated heterocycles. The lowest BCUT2D eigenvalue weighted by Gasteiger charge is -2.21. The molecule has 0 saturated carbocycles. The van der Waals surface area contributed by atoms with Crippen molar-refractivity contribution in [1.29, 1.82) is 0 Å². The smallest absolute Gasteiger partial charge is 0.360 e. The Morgan fingerprint density at radius 3 is 3.27 bits per heavy atom. The van der Waals surface area contributed by atoms with Gasteiger partial charge in [0.1, 0.15) is 0 Å². The Bertz CT molecular complexity index is 344. The predicted octanol–water partition coefficient (Wildman–Crippen LogP) is -0.0108. The lowest BCUT2D eigenvalue weighted by atomic mass is 10.1. The van der Waals surface area contributed by atoms with Crippen LogP contribution in [0.4, 0.5) is 0 Å². The van der Waals surface area contributed by atoms with E-state index < -0.39 is 5.97 Å². The molecular weight excluding hydrogens is 196 g/mol. The Kier molecular flexibility index (Phi) is 2.96. The van der Waals surface area contributed by atoms with Gasteiger partial charge in [0.2, 0.25) is 0 Å². The molecule has 1 aliphatic rings. The van der Waals surface area contributed by atoms with E-state index in [4.69, 9.17) is 0 Å². The van der Waals surface area contributed by atoms with Crippen LogP contribution in [0.3, 0.4) is 0 Å². The van der Waals surface area contributed by atoms with Crippen LogP contribution in [0, 0.1) is 0 Å². The standard InChI is InChI=1S/C9H14N4O2/c1-15-9(14)8-6-11-13(12-8)7-3-2-4-10-5-7/h6-7,10H,2-5H2,1H3/t7-/m1/s1. The van der Waals surface area contributed by atoms with Crippen LogP contribution in [0.25, 0.3) is 0 Å². The molecule has 2 rings (SSSR count). The lowest BCUT2D eigenvalue weighted by molar-refractivity contribution is 0.0592. The SMILES string of the molecule is COC(=O)c1cnn([C@@H]2CCCNC2)n1. The van der Waals surface area contributed by atoms with E-state index in [1.807, 2.05) is 0 Å². The molecule has 1 fully saturated rings. The van der Waals surface area contributed by atoms with Crippen molar-refractivity contribution in [2.24, 2.45) is 0 Å². The zero-order chi connectivity index (χ0) is 10.7. The van der Waals surface area contributed by atoms with Crippen LogP contribution >= 0.6 is 0 Å². The van der Waals surface area contributed by atoms with Crippen LogP contribution < -0.4 is 5.32 Å². The number of carbonyl (C=O) groups is 1. The predicted molar refractivity (Wildman–Crippen MR) is 52.5 cm³/mol. The fourth-order valence-corrected chi connectivity index (χ4v) is 1.68. The molecule has 0 amide bonds. The average molecular weight is 210 g/mol. The van der Waals surface area contributed by atoms with Crippen molar-refractivity contribution in [3.63, 3.8) is 0 Å². The molecule has 0 aromatic carbocycles. The van der Waals surface area contributed by atoms with Gasteiger partial charge in [0.25, 0.3) is 0 Å². The molecule has 1 atom stereocenters. The topological polar surface area (TPSA) is 69.0 Å². The summed E-state index contributed by atoms with van der Waals surface area (Å²) in [6.45, 7) is 1.90. The normalized spacial score (nSPS) is 21.3. The van der Waals surface area contributed by atoms with Gasteiger partial charge in [-0.2, -0.15) is 9.90 Å². The van der Waals surface area contributed by atoms with Crippen LogP contribution in [-0.4, -0.2) is 41.2 Å². The van der Waals surface area contributed by atoms with Crippen molar-refractivity contribution >= 4 is 5.97 Å². The van der Waals surface area contributed by atoms with Gasteiger partial charge in [0.15, 0.2) is 5.69 Å². The summed E-state index contributed by atoms with van der Waals surface area (Å²) in [5.41, 5.74) is 0.267. The monoisotopic (exact) mass is 210 g/mol. The number of piperidine rings is 1. The van der Waals surface area contributed by atoms with Gasteiger partial charge in [-0.25, -0.2) is 4.79 Å². The van der Waals surface area contributed by atoms with Gasteiger partial charge >= 0.3 is 5.97 Å². The number of aromatic nitrogens is 3. The first-order chi connectivity index (χ1) is 7.31. The summed E-state index contributed by atoms with van der Waals surface area (Å²) in [6.07, 6.45) is 3.60. The van der Waals surface area contributed by atoms with Crippen LogP contribution in [0.1, 0.15) is 29.4 Å². The van der Waals surface area contributed by atoms with Crippen molar-refractivity contribution < 1.29 is 9.53 Å². The molecule has 1 aliphatic heterocycles. The van der Waals surface area contributed by atoms with Crippen molar-refractivity contribution in [2.45, 2.75) is 18.9 Å².